The number of morpholine rings is 1. The number of anilines is 1. The minimum Gasteiger partial charge on any atom is -0.378 e. The van der Waals surface area contributed by atoms with Crippen LogP contribution in [0.15, 0.2) is 24.3 Å². The zero-order valence-corrected chi connectivity index (χ0v) is 16.7. The Morgan fingerprint density at radius 1 is 1.37 bits per heavy atom. The van der Waals surface area contributed by atoms with Gasteiger partial charge < -0.3 is 15.0 Å². The third-order valence-electron chi connectivity index (χ3n) is 5.37. The Labute approximate surface area is 164 Å². The number of carbonyl (C=O) groups excluding carboxylic acids is 1. The molecular weight excluding hydrogens is 358 g/mol. The fourth-order valence-corrected chi connectivity index (χ4v) is 4.98. The fourth-order valence-electron chi connectivity index (χ4n) is 3.82. The lowest BCUT2D eigenvalue weighted by Crippen LogP contribution is -2.36. The van der Waals surface area contributed by atoms with Crippen LogP contribution in [0.5, 0.6) is 0 Å². The van der Waals surface area contributed by atoms with Gasteiger partial charge in [-0.2, -0.15) is 0 Å². The quantitative estimate of drug-likeness (QED) is 0.860. The molecule has 2 aliphatic rings. The molecular formula is C21H27N3O2S. The molecule has 1 N–H and O–H groups in total. The number of aromatic nitrogens is 1. The zero-order chi connectivity index (χ0) is 18.6. The highest BCUT2D eigenvalue weighted by molar-refractivity contribution is 7.15. The van der Waals surface area contributed by atoms with Crippen LogP contribution in [-0.2, 0) is 28.8 Å². The van der Waals surface area contributed by atoms with Gasteiger partial charge in [0.25, 0.3) is 0 Å². The predicted molar refractivity (Wildman–Crippen MR) is 109 cm³/mol. The molecule has 144 valence electrons. The third kappa shape index (κ3) is 4.50. The summed E-state index contributed by atoms with van der Waals surface area (Å²) in [6, 6.07) is 8.47. The van der Waals surface area contributed by atoms with E-state index in [-0.39, 0.29) is 11.8 Å². The summed E-state index contributed by atoms with van der Waals surface area (Å²) in [4.78, 5) is 21.1. The van der Waals surface area contributed by atoms with Crippen LogP contribution in [0.2, 0.25) is 0 Å². The smallest absolute Gasteiger partial charge is 0.223 e. The molecule has 1 aliphatic carbocycles. The van der Waals surface area contributed by atoms with Crippen LogP contribution in [-0.4, -0.2) is 43.7 Å². The average Bonchev–Trinajstić information content (AvgIpc) is 3.12. The van der Waals surface area contributed by atoms with Gasteiger partial charge in [0.15, 0.2) is 5.13 Å². The van der Waals surface area contributed by atoms with E-state index >= 15 is 0 Å². The highest BCUT2D eigenvalue weighted by atomic mass is 32.1. The van der Waals surface area contributed by atoms with E-state index in [0.29, 0.717) is 6.54 Å². The summed E-state index contributed by atoms with van der Waals surface area (Å²) >= 11 is 1.80. The largest absolute Gasteiger partial charge is 0.378 e. The number of aryl methyl sites for hydroxylation is 2. The van der Waals surface area contributed by atoms with Crippen molar-refractivity contribution in [2.75, 3.05) is 37.7 Å². The molecule has 1 atom stereocenters. The first-order chi connectivity index (χ1) is 13.2. The maximum absolute atomic E-state index is 12.6. The summed E-state index contributed by atoms with van der Waals surface area (Å²) in [5, 5.41) is 4.23. The lowest BCUT2D eigenvalue weighted by molar-refractivity contribution is -0.125. The van der Waals surface area contributed by atoms with Crippen LogP contribution in [0.3, 0.4) is 0 Å². The first-order valence-corrected chi connectivity index (χ1v) is 10.7. The number of hydrogen-bond acceptors (Lipinski definition) is 5. The molecule has 2 heterocycles. The predicted octanol–water partition coefficient (Wildman–Crippen LogP) is 2.75. The molecule has 1 amide bonds. The van der Waals surface area contributed by atoms with Crippen LogP contribution in [0, 0.1) is 12.8 Å². The Morgan fingerprint density at radius 3 is 3.04 bits per heavy atom. The molecule has 0 saturated carbocycles. The van der Waals surface area contributed by atoms with E-state index in [1.54, 1.807) is 11.3 Å². The minimum absolute atomic E-state index is 0.0506. The van der Waals surface area contributed by atoms with E-state index in [9.17, 15) is 4.79 Å². The van der Waals surface area contributed by atoms with Gasteiger partial charge in [-0.15, -0.1) is 11.3 Å². The standard InChI is InChI=1S/C21H27N3O2S/c1-15-3-2-4-16(13-15)7-8-22-20(25)17-5-6-19-18(14-17)23-21(27-19)24-9-11-26-12-10-24/h2-4,13,17H,5-12,14H2,1H3,(H,22,25). The van der Waals surface area contributed by atoms with Gasteiger partial charge in [0, 0.05) is 36.9 Å². The molecule has 0 spiro atoms. The van der Waals surface area contributed by atoms with E-state index in [2.05, 4.69) is 41.4 Å². The highest BCUT2D eigenvalue weighted by Crippen LogP contribution is 2.34. The summed E-state index contributed by atoms with van der Waals surface area (Å²) in [7, 11) is 0. The van der Waals surface area contributed by atoms with Crippen molar-refractivity contribution in [3.63, 3.8) is 0 Å². The van der Waals surface area contributed by atoms with E-state index in [0.717, 1.165) is 62.8 Å². The highest BCUT2D eigenvalue weighted by Gasteiger charge is 2.28. The number of thiazole rings is 1. The van der Waals surface area contributed by atoms with E-state index in [4.69, 9.17) is 9.72 Å². The van der Waals surface area contributed by atoms with Crippen molar-refractivity contribution in [2.24, 2.45) is 5.92 Å². The van der Waals surface area contributed by atoms with Crippen molar-refractivity contribution in [1.29, 1.82) is 0 Å². The number of hydrogen-bond donors (Lipinski definition) is 1. The van der Waals surface area contributed by atoms with Crippen molar-refractivity contribution in [3.05, 3.63) is 46.0 Å². The molecule has 0 bridgehead atoms. The monoisotopic (exact) mass is 385 g/mol. The second-order valence-corrected chi connectivity index (χ2v) is 8.50. The second kappa shape index (κ2) is 8.40. The first-order valence-electron chi connectivity index (χ1n) is 9.83. The molecule has 1 aromatic carbocycles. The second-order valence-electron chi connectivity index (χ2n) is 7.44. The summed E-state index contributed by atoms with van der Waals surface area (Å²) in [5.41, 5.74) is 3.67. The van der Waals surface area contributed by atoms with E-state index in [1.165, 1.54) is 16.0 Å². The van der Waals surface area contributed by atoms with Crippen LogP contribution in [0.25, 0.3) is 0 Å². The van der Waals surface area contributed by atoms with Crippen molar-refractivity contribution >= 4 is 22.4 Å². The summed E-state index contributed by atoms with van der Waals surface area (Å²) in [6.45, 7) is 6.17. The number of amides is 1. The van der Waals surface area contributed by atoms with Gasteiger partial charge >= 0.3 is 0 Å². The van der Waals surface area contributed by atoms with Crippen molar-refractivity contribution < 1.29 is 9.53 Å². The normalized spacial score (nSPS) is 19.6. The number of fused-ring (bicyclic) bond motifs is 1. The molecule has 2 aromatic rings. The number of nitrogens with one attached hydrogen (secondary N) is 1. The molecule has 4 rings (SSSR count). The van der Waals surface area contributed by atoms with Crippen molar-refractivity contribution in [1.82, 2.24) is 10.3 Å². The number of ether oxygens (including phenoxy) is 1. The average molecular weight is 386 g/mol. The van der Waals surface area contributed by atoms with Gasteiger partial charge in [0.2, 0.25) is 5.91 Å². The number of rotatable bonds is 5. The van der Waals surface area contributed by atoms with Gasteiger partial charge in [-0.1, -0.05) is 29.8 Å². The molecule has 1 aromatic heterocycles. The van der Waals surface area contributed by atoms with Crippen LogP contribution < -0.4 is 10.2 Å². The Kier molecular flexibility index (Phi) is 5.74. The Morgan fingerprint density at radius 2 is 2.22 bits per heavy atom. The van der Waals surface area contributed by atoms with Gasteiger partial charge in [-0.25, -0.2) is 4.98 Å². The maximum Gasteiger partial charge on any atom is 0.223 e. The van der Waals surface area contributed by atoms with Crippen LogP contribution >= 0.6 is 11.3 Å². The SMILES string of the molecule is Cc1cccc(CCNC(=O)C2CCc3sc(N4CCOCC4)nc3C2)c1. The van der Waals surface area contributed by atoms with Crippen LogP contribution in [0.4, 0.5) is 5.13 Å². The minimum atomic E-state index is 0.0506. The molecule has 6 heteroatoms. The van der Waals surface area contributed by atoms with E-state index < -0.39 is 0 Å². The Balaban J connectivity index is 1.30. The molecule has 1 aliphatic heterocycles. The third-order valence-corrected chi connectivity index (χ3v) is 6.59. The molecule has 1 unspecified atom stereocenters. The molecule has 1 saturated heterocycles. The number of benzene rings is 1. The first kappa shape index (κ1) is 18.4. The summed E-state index contributed by atoms with van der Waals surface area (Å²) in [6.07, 6.45) is 3.54. The topological polar surface area (TPSA) is 54.5 Å². The number of nitrogens with zero attached hydrogens (tertiary/aromatic N) is 2. The fraction of sp³-hybridized carbons (Fsp3) is 0.524. The summed E-state index contributed by atoms with van der Waals surface area (Å²) in [5.74, 6) is 0.226. The Bertz CT molecular complexity index is 798. The number of carbonyl (C=O) groups is 1. The molecule has 0 radical (unpaired) electrons. The van der Waals surface area contributed by atoms with Crippen molar-refractivity contribution in [2.45, 2.75) is 32.6 Å². The summed E-state index contributed by atoms with van der Waals surface area (Å²) < 4.78 is 5.43. The van der Waals surface area contributed by atoms with Gasteiger partial charge in [0.1, 0.15) is 0 Å². The maximum atomic E-state index is 12.6. The van der Waals surface area contributed by atoms with Crippen LogP contribution in [0.1, 0.15) is 28.1 Å². The van der Waals surface area contributed by atoms with Crippen molar-refractivity contribution in [3.8, 4) is 0 Å². The van der Waals surface area contributed by atoms with Gasteiger partial charge in [-0.3, -0.25) is 4.79 Å². The molecule has 5 nitrogen and oxygen atoms in total. The molecule has 1 fully saturated rings. The molecule has 27 heavy (non-hydrogen) atoms. The zero-order valence-electron chi connectivity index (χ0n) is 15.9. The van der Waals surface area contributed by atoms with Gasteiger partial charge in [-0.05, 0) is 31.7 Å². The van der Waals surface area contributed by atoms with E-state index in [1.807, 2.05) is 0 Å². The Hall–Kier alpha value is -1.92. The van der Waals surface area contributed by atoms with Gasteiger partial charge in [0.05, 0.1) is 18.9 Å². The lowest BCUT2D eigenvalue weighted by Gasteiger charge is -2.26. The lowest BCUT2D eigenvalue weighted by atomic mass is 9.90.